The molecule has 0 unspecified atom stereocenters. The van der Waals surface area contributed by atoms with Gasteiger partial charge in [0.25, 0.3) is 0 Å². The van der Waals surface area contributed by atoms with E-state index in [1.807, 2.05) is 72.8 Å². The Kier molecular flexibility index (Phi) is 6.00. The zero-order valence-corrected chi connectivity index (χ0v) is 18.9. The van der Waals surface area contributed by atoms with Gasteiger partial charge in [-0.15, -0.1) is 0 Å². The first kappa shape index (κ1) is 21.7. The average Bonchev–Trinajstić information content (AvgIpc) is 3.35. The number of likely N-dealkylation sites (tertiary alicyclic amines) is 1. The number of hydrogen-bond acceptors (Lipinski definition) is 3. The maximum Gasteiger partial charge on any atom is 0.247 e. The lowest BCUT2D eigenvalue weighted by atomic mass is 10.0. The van der Waals surface area contributed by atoms with Gasteiger partial charge in [-0.05, 0) is 70.6 Å². The predicted molar refractivity (Wildman–Crippen MR) is 137 cm³/mol. The molecule has 1 heterocycles. The average molecular weight is 450 g/mol. The van der Waals surface area contributed by atoms with Crippen LogP contribution in [0.15, 0.2) is 91.0 Å². The van der Waals surface area contributed by atoms with Gasteiger partial charge >= 0.3 is 0 Å². The number of nitrogens with one attached hydrogen (secondary N) is 1. The molecule has 5 nitrogen and oxygen atoms in total. The van der Waals surface area contributed by atoms with E-state index < -0.39 is 6.04 Å². The SMILES string of the molecule is Nc1ccc2cc(-c3ccc(NC(=O)[C@@H]4CCCN4C(=O)Cc4ccccc4)cc3)ccc2c1. The van der Waals surface area contributed by atoms with E-state index in [-0.39, 0.29) is 11.8 Å². The number of carbonyl (C=O) groups excluding carboxylic acids is 2. The molecule has 1 fully saturated rings. The molecule has 4 aromatic carbocycles. The molecule has 5 heteroatoms. The Balaban J connectivity index is 1.26. The van der Waals surface area contributed by atoms with Gasteiger partial charge in [-0.1, -0.05) is 60.7 Å². The third-order valence-corrected chi connectivity index (χ3v) is 6.42. The standard InChI is InChI=1S/C29H27N3O2/c30-25-13-10-23-18-22(8-9-24(23)19-25)21-11-14-26(15-12-21)31-29(34)27-7-4-16-32(27)28(33)17-20-5-2-1-3-6-20/h1-3,5-6,8-15,18-19,27H,4,7,16-17,30H2,(H,31,34)/t27-/m0/s1. The largest absolute Gasteiger partial charge is 0.399 e. The summed E-state index contributed by atoms with van der Waals surface area (Å²) in [6, 6.07) is 29.2. The minimum Gasteiger partial charge on any atom is -0.399 e. The van der Waals surface area contributed by atoms with Crippen molar-refractivity contribution in [2.24, 2.45) is 0 Å². The lowest BCUT2D eigenvalue weighted by Gasteiger charge is -2.24. The molecule has 0 spiro atoms. The van der Waals surface area contributed by atoms with Crippen LogP contribution >= 0.6 is 0 Å². The van der Waals surface area contributed by atoms with Gasteiger partial charge in [0.2, 0.25) is 11.8 Å². The summed E-state index contributed by atoms with van der Waals surface area (Å²) in [5.74, 6) is -0.132. The molecule has 4 aromatic rings. The summed E-state index contributed by atoms with van der Waals surface area (Å²) in [4.78, 5) is 27.6. The summed E-state index contributed by atoms with van der Waals surface area (Å²) in [6.45, 7) is 0.621. The van der Waals surface area contributed by atoms with Crippen LogP contribution < -0.4 is 11.1 Å². The van der Waals surface area contributed by atoms with E-state index in [1.165, 1.54) is 0 Å². The van der Waals surface area contributed by atoms with Gasteiger partial charge in [-0.2, -0.15) is 0 Å². The van der Waals surface area contributed by atoms with Crippen molar-refractivity contribution in [1.82, 2.24) is 4.90 Å². The highest BCUT2D eigenvalue weighted by Gasteiger charge is 2.33. The maximum atomic E-state index is 13.0. The summed E-state index contributed by atoms with van der Waals surface area (Å²) >= 11 is 0. The van der Waals surface area contributed by atoms with E-state index in [1.54, 1.807) is 4.90 Å². The van der Waals surface area contributed by atoms with Crippen molar-refractivity contribution in [1.29, 1.82) is 0 Å². The maximum absolute atomic E-state index is 13.0. The van der Waals surface area contributed by atoms with Crippen LogP contribution in [-0.2, 0) is 16.0 Å². The molecule has 3 N–H and O–H groups in total. The van der Waals surface area contributed by atoms with E-state index >= 15 is 0 Å². The van der Waals surface area contributed by atoms with Crippen molar-refractivity contribution in [2.75, 3.05) is 17.6 Å². The molecule has 2 amide bonds. The lowest BCUT2D eigenvalue weighted by Crippen LogP contribution is -2.43. The Morgan fingerprint density at radius 3 is 2.35 bits per heavy atom. The third kappa shape index (κ3) is 4.64. The van der Waals surface area contributed by atoms with Crippen LogP contribution in [0.5, 0.6) is 0 Å². The monoisotopic (exact) mass is 449 g/mol. The molecule has 0 saturated carbocycles. The van der Waals surface area contributed by atoms with Crippen LogP contribution in [-0.4, -0.2) is 29.3 Å². The van der Waals surface area contributed by atoms with E-state index in [9.17, 15) is 9.59 Å². The second-order valence-corrected chi connectivity index (χ2v) is 8.80. The first-order valence-electron chi connectivity index (χ1n) is 11.6. The normalized spacial score (nSPS) is 15.4. The second-order valence-electron chi connectivity index (χ2n) is 8.80. The fourth-order valence-corrected chi connectivity index (χ4v) is 4.63. The number of amides is 2. The smallest absolute Gasteiger partial charge is 0.247 e. The van der Waals surface area contributed by atoms with Crippen molar-refractivity contribution >= 4 is 34.0 Å². The molecular formula is C29H27N3O2. The quantitative estimate of drug-likeness (QED) is 0.408. The van der Waals surface area contributed by atoms with Gasteiger partial charge in [-0.3, -0.25) is 9.59 Å². The zero-order chi connectivity index (χ0) is 23.5. The molecule has 1 saturated heterocycles. The first-order chi connectivity index (χ1) is 16.6. The molecule has 0 aromatic heterocycles. The van der Waals surface area contributed by atoms with E-state index in [4.69, 9.17) is 5.73 Å². The molecule has 1 aliphatic heterocycles. The number of nitrogens with zero attached hydrogens (tertiary/aromatic N) is 1. The number of hydrogen-bond donors (Lipinski definition) is 2. The Morgan fingerprint density at radius 1 is 0.853 bits per heavy atom. The Hall–Kier alpha value is -4.12. The highest BCUT2D eigenvalue weighted by molar-refractivity contribution is 5.98. The molecule has 0 aliphatic carbocycles. The van der Waals surface area contributed by atoms with Crippen LogP contribution in [0.25, 0.3) is 21.9 Å². The van der Waals surface area contributed by atoms with Crippen molar-refractivity contribution in [2.45, 2.75) is 25.3 Å². The Morgan fingerprint density at radius 2 is 1.56 bits per heavy atom. The van der Waals surface area contributed by atoms with E-state index in [2.05, 4.69) is 23.5 Å². The zero-order valence-electron chi connectivity index (χ0n) is 18.9. The Labute approximate surface area is 199 Å². The molecule has 1 atom stereocenters. The minimum atomic E-state index is -0.427. The van der Waals surface area contributed by atoms with E-state index in [0.717, 1.165) is 45.3 Å². The van der Waals surface area contributed by atoms with Crippen LogP contribution in [0.3, 0.4) is 0 Å². The predicted octanol–water partition coefficient (Wildman–Crippen LogP) is 5.26. The summed E-state index contributed by atoms with van der Waals surface area (Å²) in [7, 11) is 0. The molecule has 0 radical (unpaired) electrons. The topological polar surface area (TPSA) is 75.4 Å². The molecule has 1 aliphatic rings. The fraction of sp³-hybridized carbons (Fsp3) is 0.172. The highest BCUT2D eigenvalue weighted by Crippen LogP contribution is 2.27. The number of carbonyl (C=O) groups is 2. The summed E-state index contributed by atoms with van der Waals surface area (Å²) in [5, 5.41) is 5.24. The minimum absolute atomic E-state index is 0.00254. The van der Waals surface area contributed by atoms with Crippen molar-refractivity contribution in [3.05, 3.63) is 96.6 Å². The van der Waals surface area contributed by atoms with Crippen molar-refractivity contribution < 1.29 is 9.59 Å². The second kappa shape index (κ2) is 9.40. The molecular weight excluding hydrogens is 422 g/mol. The first-order valence-corrected chi connectivity index (χ1v) is 11.6. The van der Waals surface area contributed by atoms with Crippen LogP contribution in [0, 0.1) is 0 Å². The summed E-state index contributed by atoms with van der Waals surface area (Å²) < 4.78 is 0. The van der Waals surface area contributed by atoms with Gasteiger partial charge in [0.05, 0.1) is 6.42 Å². The number of anilines is 2. The number of fused-ring (bicyclic) bond motifs is 1. The van der Waals surface area contributed by atoms with Gasteiger partial charge in [-0.25, -0.2) is 0 Å². The molecule has 34 heavy (non-hydrogen) atoms. The van der Waals surface area contributed by atoms with Crippen LogP contribution in [0.2, 0.25) is 0 Å². The lowest BCUT2D eigenvalue weighted by molar-refractivity contribution is -0.136. The van der Waals surface area contributed by atoms with Crippen LogP contribution in [0.4, 0.5) is 11.4 Å². The molecule has 5 rings (SSSR count). The van der Waals surface area contributed by atoms with Gasteiger partial charge < -0.3 is 16.0 Å². The van der Waals surface area contributed by atoms with Gasteiger partial charge in [0.1, 0.15) is 6.04 Å². The third-order valence-electron chi connectivity index (χ3n) is 6.42. The Bertz CT molecular complexity index is 1330. The van der Waals surface area contributed by atoms with E-state index in [0.29, 0.717) is 19.4 Å². The highest BCUT2D eigenvalue weighted by atomic mass is 16.2. The summed E-state index contributed by atoms with van der Waals surface area (Å²) in [6.07, 6.45) is 1.84. The number of nitrogens with two attached hydrogens (primary N) is 1. The number of rotatable bonds is 5. The number of nitrogen functional groups attached to an aromatic ring is 1. The fourth-order valence-electron chi connectivity index (χ4n) is 4.63. The molecule has 170 valence electrons. The van der Waals surface area contributed by atoms with Crippen LogP contribution in [0.1, 0.15) is 18.4 Å². The van der Waals surface area contributed by atoms with Gasteiger partial charge in [0.15, 0.2) is 0 Å². The molecule has 0 bridgehead atoms. The van der Waals surface area contributed by atoms with Gasteiger partial charge in [0, 0.05) is 17.9 Å². The number of benzene rings is 4. The summed E-state index contributed by atoms with van der Waals surface area (Å²) in [5.41, 5.74) is 10.5. The van der Waals surface area contributed by atoms with Crippen molar-refractivity contribution in [3.8, 4) is 11.1 Å². The van der Waals surface area contributed by atoms with Crippen molar-refractivity contribution in [3.63, 3.8) is 0 Å².